The van der Waals surface area contributed by atoms with Crippen molar-refractivity contribution in [1.29, 1.82) is 0 Å². The van der Waals surface area contributed by atoms with Crippen LogP contribution in [0.25, 0.3) is 0 Å². The number of hydrogen-bond donors (Lipinski definition) is 1. The molecule has 0 radical (unpaired) electrons. The fourth-order valence-electron chi connectivity index (χ4n) is 1.94. The molecule has 1 saturated heterocycles. The maximum Gasteiger partial charge on any atom is 0.471 e. The lowest BCUT2D eigenvalue weighted by Gasteiger charge is -2.32. The molecule has 1 N–H and O–H groups in total. The molecule has 0 saturated carbocycles. The number of aliphatic carboxylic acids is 1. The third kappa shape index (κ3) is 2.36. The highest BCUT2D eigenvalue weighted by atomic mass is 19.4. The second kappa shape index (κ2) is 3.86. The monoisotopic (exact) mass is 255 g/mol. The minimum atomic E-state index is -5.13. The Morgan fingerprint density at radius 3 is 2.18 bits per heavy atom. The van der Waals surface area contributed by atoms with Gasteiger partial charge in [-0.1, -0.05) is 0 Å². The molecule has 2 atom stereocenters. The minimum absolute atomic E-state index is 0.222. The third-order valence-corrected chi connectivity index (χ3v) is 2.49. The first kappa shape index (κ1) is 13.8. The van der Waals surface area contributed by atoms with Crippen molar-refractivity contribution in [2.24, 2.45) is 0 Å². The topological polar surface area (TPSA) is 66.8 Å². The Kier molecular flexibility index (Phi) is 3.13. The summed E-state index contributed by atoms with van der Waals surface area (Å²) in [7, 11) is 0. The van der Waals surface area contributed by atoms with E-state index in [1.54, 1.807) is 0 Å². The number of halogens is 3. The number of nitrogens with zero attached hydrogens (tertiary/aromatic N) is 1. The number of carboxylic acids is 1. The fourth-order valence-corrected chi connectivity index (χ4v) is 1.94. The molecule has 1 rings (SSSR count). The van der Waals surface area contributed by atoms with Crippen LogP contribution in [0.5, 0.6) is 0 Å². The van der Waals surface area contributed by atoms with Gasteiger partial charge in [0.05, 0.1) is 6.10 Å². The summed E-state index contributed by atoms with van der Waals surface area (Å²) in [6.45, 7) is 3.75. The zero-order valence-corrected chi connectivity index (χ0v) is 9.41. The standard InChI is InChI=1S/C9H12F3NO4/c1-4-5(6(14)15)13(8(2,3)17-4)7(16)9(10,11)12/h4-5H,1-3H3,(H,14,15)/t4-,5+/m1/s1. The average molecular weight is 255 g/mol. The molecule has 0 aliphatic carbocycles. The fraction of sp³-hybridized carbons (Fsp3) is 0.778. The van der Waals surface area contributed by atoms with Crippen LogP contribution in [-0.2, 0) is 14.3 Å². The molecular weight excluding hydrogens is 243 g/mol. The van der Waals surface area contributed by atoms with Crippen LogP contribution in [0.3, 0.4) is 0 Å². The van der Waals surface area contributed by atoms with E-state index in [1.165, 1.54) is 20.8 Å². The predicted octanol–water partition coefficient (Wildman–Crippen LogP) is 0.985. The number of carbonyl (C=O) groups excluding carboxylic acids is 1. The summed E-state index contributed by atoms with van der Waals surface area (Å²) in [5.74, 6) is -3.74. The van der Waals surface area contributed by atoms with Crippen molar-refractivity contribution in [2.75, 3.05) is 0 Å². The molecule has 0 bridgehead atoms. The Bertz CT molecular complexity index is 353. The molecule has 8 heteroatoms. The Labute approximate surface area is 95.1 Å². The number of carboxylic acid groups (broad SMARTS) is 1. The maximum absolute atomic E-state index is 12.4. The molecule has 98 valence electrons. The zero-order valence-electron chi connectivity index (χ0n) is 9.41. The summed E-state index contributed by atoms with van der Waals surface area (Å²) < 4.78 is 42.2. The zero-order chi connectivity index (χ0) is 13.6. The van der Waals surface area contributed by atoms with E-state index in [9.17, 15) is 22.8 Å². The largest absolute Gasteiger partial charge is 0.480 e. The number of amides is 1. The van der Waals surface area contributed by atoms with Crippen molar-refractivity contribution < 1.29 is 32.6 Å². The number of carbonyl (C=O) groups is 2. The normalized spacial score (nSPS) is 28.2. The lowest BCUT2D eigenvalue weighted by atomic mass is 10.1. The van der Waals surface area contributed by atoms with E-state index in [0.717, 1.165) is 0 Å². The molecular formula is C9H12F3NO4. The number of hydrogen-bond acceptors (Lipinski definition) is 3. The highest BCUT2D eigenvalue weighted by Crippen LogP contribution is 2.35. The van der Waals surface area contributed by atoms with Gasteiger partial charge in [-0.3, -0.25) is 9.69 Å². The molecule has 1 amide bonds. The van der Waals surface area contributed by atoms with Gasteiger partial charge < -0.3 is 9.84 Å². The Morgan fingerprint density at radius 2 is 1.82 bits per heavy atom. The summed E-state index contributed by atoms with van der Waals surface area (Å²) in [5, 5.41) is 8.86. The van der Waals surface area contributed by atoms with Crippen molar-refractivity contribution in [3.63, 3.8) is 0 Å². The van der Waals surface area contributed by atoms with Gasteiger partial charge in [0.2, 0.25) is 0 Å². The van der Waals surface area contributed by atoms with E-state index in [1.807, 2.05) is 0 Å². The molecule has 1 fully saturated rings. The van der Waals surface area contributed by atoms with Crippen molar-refractivity contribution in [3.05, 3.63) is 0 Å². The molecule has 1 aliphatic rings. The summed E-state index contributed by atoms with van der Waals surface area (Å²) in [4.78, 5) is 22.3. The smallest absolute Gasteiger partial charge is 0.471 e. The van der Waals surface area contributed by atoms with Crippen LogP contribution in [0.15, 0.2) is 0 Å². The van der Waals surface area contributed by atoms with Gasteiger partial charge in [-0.15, -0.1) is 0 Å². The average Bonchev–Trinajstić information content (AvgIpc) is 2.31. The lowest BCUT2D eigenvalue weighted by molar-refractivity contribution is -0.199. The van der Waals surface area contributed by atoms with Crippen molar-refractivity contribution in [2.45, 2.75) is 44.8 Å². The van der Waals surface area contributed by atoms with Gasteiger partial charge >= 0.3 is 18.1 Å². The Morgan fingerprint density at radius 1 is 1.35 bits per heavy atom. The first-order valence-electron chi connectivity index (χ1n) is 4.79. The highest BCUT2D eigenvalue weighted by molar-refractivity contribution is 5.88. The molecule has 5 nitrogen and oxygen atoms in total. The second-order valence-corrected chi connectivity index (χ2v) is 4.23. The van der Waals surface area contributed by atoms with Gasteiger partial charge in [-0.05, 0) is 20.8 Å². The van der Waals surface area contributed by atoms with Crippen molar-refractivity contribution >= 4 is 11.9 Å². The van der Waals surface area contributed by atoms with Gasteiger partial charge in [0.15, 0.2) is 6.04 Å². The van der Waals surface area contributed by atoms with Crippen LogP contribution in [0.2, 0.25) is 0 Å². The Hall–Kier alpha value is -1.31. The van der Waals surface area contributed by atoms with Crippen molar-refractivity contribution in [3.8, 4) is 0 Å². The predicted molar refractivity (Wildman–Crippen MR) is 49.0 cm³/mol. The van der Waals surface area contributed by atoms with Crippen LogP contribution in [0.1, 0.15) is 20.8 Å². The van der Waals surface area contributed by atoms with Crippen LogP contribution < -0.4 is 0 Å². The van der Waals surface area contributed by atoms with Crippen LogP contribution in [-0.4, -0.2) is 45.9 Å². The van der Waals surface area contributed by atoms with E-state index < -0.39 is 35.9 Å². The number of ether oxygens (including phenoxy) is 1. The first-order valence-corrected chi connectivity index (χ1v) is 4.79. The van der Waals surface area contributed by atoms with Gasteiger partial charge in [-0.2, -0.15) is 13.2 Å². The van der Waals surface area contributed by atoms with Gasteiger partial charge in [-0.25, -0.2) is 4.79 Å². The van der Waals surface area contributed by atoms with E-state index >= 15 is 0 Å². The lowest BCUT2D eigenvalue weighted by Crippen LogP contribution is -2.55. The van der Waals surface area contributed by atoms with Crippen molar-refractivity contribution in [1.82, 2.24) is 4.90 Å². The number of rotatable bonds is 1. The van der Waals surface area contributed by atoms with Crippen LogP contribution in [0, 0.1) is 0 Å². The highest BCUT2D eigenvalue weighted by Gasteiger charge is 2.57. The van der Waals surface area contributed by atoms with E-state index in [4.69, 9.17) is 9.84 Å². The molecule has 17 heavy (non-hydrogen) atoms. The molecule has 0 aromatic heterocycles. The van der Waals surface area contributed by atoms with Gasteiger partial charge in [0.1, 0.15) is 5.72 Å². The summed E-state index contributed by atoms with van der Waals surface area (Å²) in [6, 6.07) is -1.64. The van der Waals surface area contributed by atoms with Crippen LogP contribution in [0.4, 0.5) is 13.2 Å². The molecule has 1 heterocycles. The third-order valence-electron chi connectivity index (χ3n) is 2.49. The van der Waals surface area contributed by atoms with Gasteiger partial charge in [0, 0.05) is 0 Å². The molecule has 0 spiro atoms. The van der Waals surface area contributed by atoms with E-state index in [0.29, 0.717) is 0 Å². The SMILES string of the molecule is C[C@H]1OC(C)(C)N(C(=O)C(F)(F)F)[C@@H]1C(=O)O. The quantitative estimate of drug-likeness (QED) is 0.758. The molecule has 1 aliphatic heterocycles. The number of alkyl halides is 3. The minimum Gasteiger partial charge on any atom is -0.480 e. The second-order valence-electron chi connectivity index (χ2n) is 4.23. The van der Waals surface area contributed by atoms with Crippen LogP contribution >= 0.6 is 0 Å². The maximum atomic E-state index is 12.4. The Balaban J connectivity index is 3.16. The molecule has 0 aromatic carbocycles. The van der Waals surface area contributed by atoms with E-state index in [-0.39, 0.29) is 4.90 Å². The summed E-state index contributed by atoms with van der Waals surface area (Å²) in [5.41, 5.74) is -1.60. The summed E-state index contributed by atoms with van der Waals surface area (Å²) >= 11 is 0. The van der Waals surface area contributed by atoms with Gasteiger partial charge in [0.25, 0.3) is 0 Å². The first-order chi connectivity index (χ1) is 7.48. The molecule has 0 aromatic rings. The van der Waals surface area contributed by atoms with E-state index in [2.05, 4.69) is 0 Å². The summed E-state index contributed by atoms with van der Waals surface area (Å²) in [6.07, 6.45) is -6.13. The molecule has 0 unspecified atom stereocenters.